The van der Waals surface area contributed by atoms with Crippen molar-refractivity contribution in [1.82, 2.24) is 9.80 Å². The minimum atomic E-state index is -1.13. The van der Waals surface area contributed by atoms with E-state index in [-0.39, 0.29) is 49.2 Å². The number of hydrogen-bond acceptors (Lipinski definition) is 4. The van der Waals surface area contributed by atoms with Gasteiger partial charge in [0, 0.05) is 42.6 Å². The molecule has 1 rings (SSSR count). The molecule has 19 heavy (non-hydrogen) atoms. The largest absolute Gasteiger partial charge is 0.480 e. The molecule has 103 valence electrons. The Morgan fingerprint density at radius 3 is 2.32 bits per heavy atom. The van der Waals surface area contributed by atoms with Gasteiger partial charge in [0.25, 0.3) is 0 Å². The molecule has 1 heterocycles. The van der Waals surface area contributed by atoms with E-state index in [0.717, 1.165) is 0 Å². The third kappa shape index (κ3) is 5.38. The number of carboxylic acids is 1. The van der Waals surface area contributed by atoms with Crippen molar-refractivity contribution in [1.29, 1.82) is 0 Å². The van der Waals surface area contributed by atoms with Gasteiger partial charge >= 0.3 is 12.1 Å². The van der Waals surface area contributed by atoms with E-state index in [4.69, 9.17) is 9.84 Å². The fourth-order valence-electron chi connectivity index (χ4n) is 1.64. The number of piperazine rings is 1. The van der Waals surface area contributed by atoms with Crippen LogP contribution in [0.1, 0.15) is 20.8 Å². The number of ether oxygens (including phenoxy) is 1. The molecule has 0 aromatic heterocycles. The first-order valence-electron chi connectivity index (χ1n) is 5.66. The molecule has 1 saturated heterocycles. The SMILES string of the molecule is CC(C)(C)OC(=O)N1CCN(C=O)C(C(=O)O)C1.[Na]. The number of nitrogens with zero attached hydrogens (tertiary/aromatic N) is 2. The molecule has 8 heteroatoms. The maximum absolute atomic E-state index is 11.8. The van der Waals surface area contributed by atoms with Gasteiger partial charge in [0.1, 0.15) is 11.6 Å². The summed E-state index contributed by atoms with van der Waals surface area (Å²) in [4.78, 5) is 36.0. The molecular formula is C11H18N2NaO5. The van der Waals surface area contributed by atoms with Crippen LogP contribution in [0.4, 0.5) is 4.79 Å². The molecule has 1 aliphatic rings. The van der Waals surface area contributed by atoms with Crippen LogP contribution in [0.2, 0.25) is 0 Å². The molecule has 1 fully saturated rings. The van der Waals surface area contributed by atoms with E-state index in [1.807, 2.05) is 0 Å². The maximum atomic E-state index is 11.8. The molecule has 0 bridgehead atoms. The summed E-state index contributed by atoms with van der Waals surface area (Å²) in [6.07, 6.45) is -0.0649. The fourth-order valence-corrected chi connectivity index (χ4v) is 1.64. The van der Waals surface area contributed by atoms with E-state index in [1.54, 1.807) is 20.8 Å². The van der Waals surface area contributed by atoms with Crippen molar-refractivity contribution in [2.45, 2.75) is 32.4 Å². The van der Waals surface area contributed by atoms with Gasteiger partial charge in [-0.25, -0.2) is 9.59 Å². The second kappa shape index (κ2) is 7.12. The Balaban J connectivity index is 0.00000324. The Labute approximate surface area is 134 Å². The topological polar surface area (TPSA) is 87.2 Å². The third-order valence-electron chi connectivity index (χ3n) is 2.49. The van der Waals surface area contributed by atoms with Crippen molar-refractivity contribution in [3.8, 4) is 0 Å². The number of amides is 2. The van der Waals surface area contributed by atoms with E-state index in [1.165, 1.54) is 9.80 Å². The second-order valence-electron chi connectivity index (χ2n) is 5.12. The summed E-state index contributed by atoms with van der Waals surface area (Å²) in [5.74, 6) is -1.13. The molecule has 0 aromatic rings. The van der Waals surface area contributed by atoms with Gasteiger partial charge in [0.15, 0.2) is 0 Å². The molecule has 1 aliphatic heterocycles. The van der Waals surface area contributed by atoms with Gasteiger partial charge in [0.05, 0.1) is 6.54 Å². The standard InChI is InChI=1S/C11H18N2O5.Na/c1-11(2,3)18-10(17)12-4-5-13(7-14)8(6-12)9(15)16;/h7-8H,4-6H2,1-3H3,(H,15,16);. The molecule has 0 spiro atoms. The third-order valence-corrected chi connectivity index (χ3v) is 2.49. The predicted octanol–water partition coefficient (Wildman–Crippen LogP) is -0.232. The second-order valence-corrected chi connectivity index (χ2v) is 5.12. The van der Waals surface area contributed by atoms with Crippen LogP contribution >= 0.6 is 0 Å². The summed E-state index contributed by atoms with van der Waals surface area (Å²) in [5, 5.41) is 8.99. The average Bonchev–Trinajstić information content (AvgIpc) is 2.25. The first-order chi connectivity index (χ1) is 8.24. The average molecular weight is 281 g/mol. The monoisotopic (exact) mass is 281 g/mol. The van der Waals surface area contributed by atoms with Crippen LogP contribution in [-0.4, -0.2) is 94.2 Å². The zero-order chi connectivity index (χ0) is 13.9. The molecule has 1 N–H and O–H groups in total. The Morgan fingerprint density at radius 1 is 1.32 bits per heavy atom. The summed E-state index contributed by atoms with van der Waals surface area (Å²) in [7, 11) is 0. The zero-order valence-electron chi connectivity index (χ0n) is 11.8. The van der Waals surface area contributed by atoms with E-state index in [0.29, 0.717) is 6.41 Å². The maximum Gasteiger partial charge on any atom is 0.410 e. The van der Waals surface area contributed by atoms with Gasteiger partial charge < -0.3 is 19.6 Å². The van der Waals surface area contributed by atoms with Gasteiger partial charge in [-0.1, -0.05) is 0 Å². The van der Waals surface area contributed by atoms with Crippen molar-refractivity contribution >= 4 is 48.0 Å². The van der Waals surface area contributed by atoms with Gasteiger partial charge in [0.2, 0.25) is 6.41 Å². The molecule has 2 amide bonds. The van der Waals surface area contributed by atoms with Crippen molar-refractivity contribution in [3.63, 3.8) is 0 Å². The molecule has 1 radical (unpaired) electrons. The normalized spacial score (nSPS) is 19.4. The van der Waals surface area contributed by atoms with Crippen LogP contribution in [0.3, 0.4) is 0 Å². The zero-order valence-corrected chi connectivity index (χ0v) is 13.8. The van der Waals surface area contributed by atoms with Crippen LogP contribution in [0, 0.1) is 0 Å². The first-order valence-corrected chi connectivity index (χ1v) is 5.66. The van der Waals surface area contributed by atoms with E-state index in [2.05, 4.69) is 0 Å². The Hall–Kier alpha value is -0.790. The minimum Gasteiger partial charge on any atom is -0.480 e. The molecule has 0 aromatic carbocycles. The Morgan fingerprint density at radius 2 is 1.89 bits per heavy atom. The van der Waals surface area contributed by atoms with Gasteiger partial charge in [-0.3, -0.25) is 4.79 Å². The van der Waals surface area contributed by atoms with Gasteiger partial charge in [-0.15, -0.1) is 0 Å². The van der Waals surface area contributed by atoms with Crippen molar-refractivity contribution in [3.05, 3.63) is 0 Å². The molecule has 0 saturated carbocycles. The van der Waals surface area contributed by atoms with Crippen LogP contribution < -0.4 is 0 Å². The Bertz CT molecular complexity index is 355. The summed E-state index contributed by atoms with van der Waals surface area (Å²) in [6, 6.07) is -1.01. The van der Waals surface area contributed by atoms with Crippen LogP contribution in [-0.2, 0) is 14.3 Å². The summed E-state index contributed by atoms with van der Waals surface area (Å²) in [5.41, 5.74) is -0.627. The van der Waals surface area contributed by atoms with E-state index in [9.17, 15) is 14.4 Å². The number of rotatable bonds is 2. The van der Waals surface area contributed by atoms with E-state index >= 15 is 0 Å². The molecule has 1 unspecified atom stereocenters. The molecule has 1 atom stereocenters. The molecule has 0 aliphatic carbocycles. The number of hydrogen-bond donors (Lipinski definition) is 1. The van der Waals surface area contributed by atoms with Crippen molar-refractivity contribution < 1.29 is 24.2 Å². The molecule has 7 nitrogen and oxygen atoms in total. The predicted molar refractivity (Wildman–Crippen MR) is 67.8 cm³/mol. The van der Waals surface area contributed by atoms with Crippen LogP contribution in [0.25, 0.3) is 0 Å². The van der Waals surface area contributed by atoms with Crippen LogP contribution in [0.5, 0.6) is 0 Å². The van der Waals surface area contributed by atoms with Crippen LogP contribution in [0.15, 0.2) is 0 Å². The van der Waals surface area contributed by atoms with Crippen molar-refractivity contribution in [2.75, 3.05) is 19.6 Å². The first kappa shape index (κ1) is 18.2. The summed E-state index contributed by atoms with van der Waals surface area (Å²) >= 11 is 0. The quantitative estimate of drug-likeness (QED) is 0.558. The number of carboxylic acid groups (broad SMARTS) is 1. The Kier molecular flexibility index (Phi) is 6.82. The smallest absolute Gasteiger partial charge is 0.410 e. The summed E-state index contributed by atoms with van der Waals surface area (Å²) in [6.45, 7) is 5.63. The number of aliphatic carboxylic acids is 1. The minimum absolute atomic E-state index is 0. The van der Waals surface area contributed by atoms with Gasteiger partial charge in [-0.2, -0.15) is 0 Å². The number of carbonyl (C=O) groups is 3. The van der Waals surface area contributed by atoms with E-state index < -0.39 is 23.7 Å². The fraction of sp³-hybridized carbons (Fsp3) is 0.727. The van der Waals surface area contributed by atoms with Gasteiger partial charge in [-0.05, 0) is 20.8 Å². The summed E-state index contributed by atoms with van der Waals surface area (Å²) < 4.78 is 5.16. The number of carbonyl (C=O) groups excluding carboxylic acids is 2. The molecular weight excluding hydrogens is 263 g/mol. The van der Waals surface area contributed by atoms with Crippen molar-refractivity contribution in [2.24, 2.45) is 0 Å².